The van der Waals surface area contributed by atoms with Crippen LogP contribution in [0.15, 0.2) is 39.6 Å². The fourth-order valence-electron chi connectivity index (χ4n) is 1.63. The van der Waals surface area contributed by atoms with Gasteiger partial charge in [-0.2, -0.15) is 0 Å². The van der Waals surface area contributed by atoms with Gasteiger partial charge >= 0.3 is 0 Å². The smallest absolute Gasteiger partial charge is 0.233 e. The van der Waals surface area contributed by atoms with Crippen molar-refractivity contribution in [1.82, 2.24) is 15.5 Å². The Morgan fingerprint density at radius 2 is 2.06 bits per heavy atom. The van der Waals surface area contributed by atoms with Crippen LogP contribution in [0.25, 0.3) is 0 Å². The molecule has 18 heavy (non-hydrogen) atoms. The zero-order chi connectivity index (χ0) is 12.8. The third-order valence-corrected chi connectivity index (χ3v) is 3.64. The van der Waals surface area contributed by atoms with Crippen molar-refractivity contribution in [3.63, 3.8) is 0 Å². The van der Waals surface area contributed by atoms with E-state index >= 15 is 0 Å². The van der Waals surface area contributed by atoms with E-state index in [0.29, 0.717) is 17.5 Å². The number of benzene rings is 1. The highest BCUT2D eigenvalue weighted by molar-refractivity contribution is 7.98. The maximum Gasteiger partial charge on any atom is 0.233 e. The first-order valence-electron chi connectivity index (χ1n) is 6.01. The Labute approximate surface area is 111 Å². The summed E-state index contributed by atoms with van der Waals surface area (Å²) in [5, 5.41) is 11.3. The van der Waals surface area contributed by atoms with Crippen molar-refractivity contribution in [1.29, 1.82) is 0 Å². The highest BCUT2D eigenvalue weighted by Crippen LogP contribution is 2.23. The van der Waals surface area contributed by atoms with Crippen molar-refractivity contribution in [2.24, 2.45) is 0 Å². The summed E-state index contributed by atoms with van der Waals surface area (Å²) in [5.74, 6) is 2.05. The first-order valence-corrected chi connectivity index (χ1v) is 6.99. The molecular formula is C13H17N3OS. The van der Waals surface area contributed by atoms with Gasteiger partial charge in [0.25, 0.3) is 0 Å². The molecule has 0 spiro atoms. The molecule has 1 atom stereocenters. The lowest BCUT2D eigenvalue weighted by molar-refractivity contribution is 0.394. The van der Waals surface area contributed by atoms with Crippen LogP contribution < -0.4 is 5.32 Å². The van der Waals surface area contributed by atoms with Crippen molar-refractivity contribution < 1.29 is 4.42 Å². The van der Waals surface area contributed by atoms with E-state index in [2.05, 4.69) is 34.6 Å². The van der Waals surface area contributed by atoms with E-state index in [-0.39, 0.29) is 6.04 Å². The number of nitrogens with zero attached hydrogens (tertiary/aromatic N) is 2. The number of nitrogens with one attached hydrogen (secondary N) is 1. The highest BCUT2D eigenvalue weighted by Gasteiger charge is 2.14. The van der Waals surface area contributed by atoms with Gasteiger partial charge in [-0.1, -0.05) is 25.1 Å². The predicted molar refractivity (Wildman–Crippen MR) is 72.4 cm³/mol. The molecule has 0 radical (unpaired) electrons. The Bertz CT molecular complexity index is 468. The number of hydrogen-bond acceptors (Lipinski definition) is 5. The molecule has 0 saturated heterocycles. The first-order chi connectivity index (χ1) is 8.83. The van der Waals surface area contributed by atoms with Crippen LogP contribution >= 0.6 is 11.8 Å². The molecular weight excluding hydrogens is 246 g/mol. The summed E-state index contributed by atoms with van der Waals surface area (Å²) in [7, 11) is 1.90. The molecule has 2 rings (SSSR count). The topological polar surface area (TPSA) is 51.0 Å². The second kappa shape index (κ2) is 6.56. The summed E-state index contributed by atoms with van der Waals surface area (Å²) in [6.45, 7) is 2.09. The minimum atomic E-state index is 0.146. The van der Waals surface area contributed by atoms with E-state index in [1.54, 1.807) is 11.8 Å². The first kappa shape index (κ1) is 13.1. The van der Waals surface area contributed by atoms with Gasteiger partial charge in [0.15, 0.2) is 0 Å². The fourth-order valence-corrected chi connectivity index (χ4v) is 2.39. The molecule has 0 aliphatic heterocycles. The van der Waals surface area contributed by atoms with Gasteiger partial charge in [0, 0.05) is 4.90 Å². The van der Waals surface area contributed by atoms with Gasteiger partial charge in [-0.15, -0.1) is 22.0 Å². The minimum Gasteiger partial charge on any atom is -0.423 e. The number of hydrogen-bond donors (Lipinski definition) is 1. The van der Waals surface area contributed by atoms with Crippen molar-refractivity contribution in [3.8, 4) is 0 Å². The molecule has 1 N–H and O–H groups in total. The second-order valence-corrected chi connectivity index (χ2v) is 4.93. The van der Waals surface area contributed by atoms with Crippen LogP contribution in [-0.2, 0) is 5.75 Å². The largest absolute Gasteiger partial charge is 0.423 e. The summed E-state index contributed by atoms with van der Waals surface area (Å²) in [4.78, 5) is 1.21. The quantitative estimate of drug-likeness (QED) is 0.812. The number of thioether (sulfide) groups is 1. The van der Waals surface area contributed by atoms with Gasteiger partial charge < -0.3 is 9.73 Å². The van der Waals surface area contributed by atoms with Gasteiger partial charge in [0.1, 0.15) is 0 Å². The lowest BCUT2D eigenvalue weighted by Gasteiger charge is -2.07. The molecule has 4 nitrogen and oxygen atoms in total. The van der Waals surface area contributed by atoms with E-state index in [4.69, 9.17) is 4.42 Å². The van der Waals surface area contributed by atoms with Gasteiger partial charge in [0.05, 0.1) is 11.8 Å². The monoisotopic (exact) mass is 263 g/mol. The molecule has 96 valence electrons. The molecule has 5 heteroatoms. The van der Waals surface area contributed by atoms with Gasteiger partial charge in [-0.05, 0) is 25.6 Å². The average molecular weight is 263 g/mol. The fraction of sp³-hybridized carbons (Fsp3) is 0.385. The lowest BCUT2D eigenvalue weighted by Crippen LogP contribution is -2.15. The molecule has 1 heterocycles. The normalized spacial score (nSPS) is 12.6. The molecule has 0 aliphatic rings. The summed E-state index contributed by atoms with van der Waals surface area (Å²) in [5.41, 5.74) is 0. The maximum atomic E-state index is 5.64. The zero-order valence-corrected chi connectivity index (χ0v) is 11.4. The van der Waals surface area contributed by atoms with Crippen molar-refractivity contribution in [2.45, 2.75) is 30.0 Å². The lowest BCUT2D eigenvalue weighted by atomic mass is 10.2. The summed E-state index contributed by atoms with van der Waals surface area (Å²) < 4.78 is 5.64. The molecule has 2 aromatic rings. The Hall–Kier alpha value is -1.33. The third-order valence-electron chi connectivity index (χ3n) is 2.64. The van der Waals surface area contributed by atoms with Crippen molar-refractivity contribution >= 4 is 11.8 Å². The molecule has 0 fully saturated rings. The minimum absolute atomic E-state index is 0.146. The van der Waals surface area contributed by atoms with E-state index in [9.17, 15) is 0 Å². The molecule has 1 unspecified atom stereocenters. The van der Waals surface area contributed by atoms with Crippen LogP contribution in [-0.4, -0.2) is 17.2 Å². The van der Waals surface area contributed by atoms with E-state index in [1.807, 2.05) is 25.2 Å². The van der Waals surface area contributed by atoms with Crippen LogP contribution in [0.2, 0.25) is 0 Å². The Balaban J connectivity index is 1.95. The van der Waals surface area contributed by atoms with Crippen LogP contribution in [0.1, 0.15) is 31.2 Å². The Morgan fingerprint density at radius 3 is 2.72 bits per heavy atom. The SMILES string of the molecule is CCC(NC)c1nnc(CSc2ccccc2)o1. The van der Waals surface area contributed by atoms with E-state index in [1.165, 1.54) is 4.90 Å². The number of aromatic nitrogens is 2. The van der Waals surface area contributed by atoms with E-state index < -0.39 is 0 Å². The van der Waals surface area contributed by atoms with Crippen molar-refractivity contribution in [2.75, 3.05) is 7.05 Å². The van der Waals surface area contributed by atoms with Crippen molar-refractivity contribution in [3.05, 3.63) is 42.1 Å². The highest BCUT2D eigenvalue weighted by atomic mass is 32.2. The standard InChI is InChI=1S/C13H17N3OS/c1-3-11(14-2)13-16-15-12(17-13)9-18-10-7-5-4-6-8-10/h4-8,11,14H,3,9H2,1-2H3. The van der Waals surface area contributed by atoms with E-state index in [0.717, 1.165) is 6.42 Å². The average Bonchev–Trinajstić information content (AvgIpc) is 2.88. The van der Waals surface area contributed by atoms with Gasteiger partial charge in [-0.25, -0.2) is 0 Å². The summed E-state index contributed by atoms with van der Waals surface area (Å²) in [6, 6.07) is 10.3. The van der Waals surface area contributed by atoms with Crippen LogP contribution in [0, 0.1) is 0 Å². The molecule has 0 aliphatic carbocycles. The van der Waals surface area contributed by atoms with Crippen LogP contribution in [0.4, 0.5) is 0 Å². The number of rotatable bonds is 6. The molecule has 0 saturated carbocycles. The molecule has 1 aromatic carbocycles. The zero-order valence-electron chi connectivity index (χ0n) is 10.6. The van der Waals surface area contributed by atoms with Crippen LogP contribution in [0.3, 0.4) is 0 Å². The van der Waals surface area contributed by atoms with Gasteiger partial charge in [0.2, 0.25) is 11.8 Å². The van der Waals surface area contributed by atoms with Crippen LogP contribution in [0.5, 0.6) is 0 Å². The molecule has 0 amide bonds. The molecule has 1 aromatic heterocycles. The van der Waals surface area contributed by atoms with Gasteiger partial charge in [-0.3, -0.25) is 0 Å². The Kier molecular flexibility index (Phi) is 4.78. The maximum absolute atomic E-state index is 5.64. The second-order valence-electron chi connectivity index (χ2n) is 3.89. The third kappa shape index (κ3) is 3.34. The predicted octanol–water partition coefficient (Wildman–Crippen LogP) is 3.03. The molecule has 0 bridgehead atoms. The Morgan fingerprint density at radius 1 is 1.28 bits per heavy atom. The summed E-state index contributed by atoms with van der Waals surface area (Å²) >= 11 is 1.70. The summed E-state index contributed by atoms with van der Waals surface area (Å²) in [6.07, 6.45) is 0.934.